The third-order valence-electron chi connectivity index (χ3n) is 1.79. The molecule has 8 heteroatoms. The van der Waals surface area contributed by atoms with Crippen molar-refractivity contribution in [2.75, 3.05) is 6.61 Å². The maximum Gasteiger partial charge on any atom is 0.277 e. The number of rotatable bonds is 4. The van der Waals surface area contributed by atoms with Crippen LogP contribution in [0.4, 0.5) is 11.4 Å². The highest BCUT2D eigenvalue weighted by Gasteiger charge is 2.19. The van der Waals surface area contributed by atoms with Gasteiger partial charge in [-0.2, -0.15) is 0 Å². The van der Waals surface area contributed by atoms with Crippen LogP contribution in [0.15, 0.2) is 18.2 Å². The lowest BCUT2D eigenvalue weighted by Crippen LogP contribution is -2.06. The van der Waals surface area contributed by atoms with Crippen LogP contribution in [-0.4, -0.2) is 27.3 Å². The van der Waals surface area contributed by atoms with E-state index in [2.05, 4.69) is 0 Å². The number of nitrogens with zero attached hydrogens (tertiary/aromatic N) is 2. The minimum Gasteiger partial charge on any atom is -0.388 e. The third kappa shape index (κ3) is 2.36. The van der Waals surface area contributed by atoms with Crippen LogP contribution in [0.5, 0.6) is 0 Å². The first-order chi connectivity index (χ1) is 7.45. The number of non-ortho nitro benzene ring substituents is 2. The molecule has 84 valence electrons. The Morgan fingerprint density at radius 1 is 1.12 bits per heavy atom. The van der Waals surface area contributed by atoms with Gasteiger partial charge in [0.1, 0.15) is 6.61 Å². The van der Waals surface area contributed by atoms with Crippen LogP contribution in [0.2, 0.25) is 0 Å². The Balaban J connectivity index is 3.35. The molecule has 0 aromatic heterocycles. The Kier molecular flexibility index (Phi) is 3.26. The van der Waals surface area contributed by atoms with E-state index in [0.29, 0.717) is 0 Å². The van der Waals surface area contributed by atoms with Crippen molar-refractivity contribution in [3.8, 4) is 0 Å². The summed E-state index contributed by atoms with van der Waals surface area (Å²) in [7, 11) is 0. The zero-order valence-corrected chi connectivity index (χ0v) is 7.82. The van der Waals surface area contributed by atoms with E-state index in [0.717, 1.165) is 18.2 Å². The summed E-state index contributed by atoms with van der Waals surface area (Å²) in [6.07, 6.45) is 0. The molecule has 0 spiro atoms. The summed E-state index contributed by atoms with van der Waals surface area (Å²) < 4.78 is 0. The second-order valence-electron chi connectivity index (χ2n) is 2.83. The zero-order valence-electron chi connectivity index (χ0n) is 7.82. The van der Waals surface area contributed by atoms with Gasteiger partial charge >= 0.3 is 0 Å². The van der Waals surface area contributed by atoms with Gasteiger partial charge in [-0.25, -0.2) is 0 Å². The highest BCUT2D eigenvalue weighted by atomic mass is 16.6. The smallest absolute Gasteiger partial charge is 0.277 e. The molecule has 1 aromatic rings. The van der Waals surface area contributed by atoms with Crippen LogP contribution in [0.3, 0.4) is 0 Å². The quantitative estimate of drug-likeness (QED) is 0.457. The fourth-order valence-electron chi connectivity index (χ4n) is 1.06. The average Bonchev–Trinajstić information content (AvgIpc) is 2.27. The van der Waals surface area contributed by atoms with Gasteiger partial charge in [0, 0.05) is 17.7 Å². The van der Waals surface area contributed by atoms with Gasteiger partial charge in [0.2, 0.25) is 0 Å². The zero-order chi connectivity index (χ0) is 12.3. The summed E-state index contributed by atoms with van der Waals surface area (Å²) in [5.74, 6) is -0.813. The topological polar surface area (TPSA) is 124 Å². The Labute approximate surface area is 88.4 Å². The molecule has 0 amide bonds. The molecular formula is C8H6N2O6. The molecule has 1 aromatic carbocycles. The van der Waals surface area contributed by atoms with E-state index >= 15 is 0 Å². The molecule has 8 nitrogen and oxygen atoms in total. The van der Waals surface area contributed by atoms with Gasteiger partial charge in [0.15, 0.2) is 5.78 Å². The van der Waals surface area contributed by atoms with E-state index in [1.165, 1.54) is 0 Å². The van der Waals surface area contributed by atoms with Crippen LogP contribution in [0.25, 0.3) is 0 Å². The average molecular weight is 226 g/mol. The lowest BCUT2D eigenvalue weighted by Gasteiger charge is -1.98. The number of hydrogen-bond donors (Lipinski definition) is 1. The first-order valence-electron chi connectivity index (χ1n) is 4.03. The Morgan fingerprint density at radius 2 is 1.56 bits per heavy atom. The molecular weight excluding hydrogens is 220 g/mol. The van der Waals surface area contributed by atoms with Crippen molar-refractivity contribution in [3.05, 3.63) is 44.0 Å². The van der Waals surface area contributed by atoms with E-state index in [4.69, 9.17) is 5.11 Å². The molecule has 0 fully saturated rings. The normalized spacial score (nSPS) is 9.81. The molecule has 0 aliphatic carbocycles. The largest absolute Gasteiger partial charge is 0.388 e. The molecule has 0 aliphatic rings. The third-order valence-corrected chi connectivity index (χ3v) is 1.79. The van der Waals surface area contributed by atoms with Gasteiger partial charge < -0.3 is 5.11 Å². The Hall–Kier alpha value is -2.35. The van der Waals surface area contributed by atoms with Crippen molar-refractivity contribution in [2.45, 2.75) is 0 Å². The van der Waals surface area contributed by atoms with Crippen molar-refractivity contribution in [1.82, 2.24) is 0 Å². The molecule has 0 atom stereocenters. The molecule has 1 N–H and O–H groups in total. The number of aliphatic hydroxyl groups excluding tert-OH is 1. The summed E-state index contributed by atoms with van der Waals surface area (Å²) in [4.78, 5) is 30.3. The molecule has 0 unspecified atom stereocenters. The number of aliphatic hydroxyl groups is 1. The van der Waals surface area contributed by atoms with Gasteiger partial charge in [-0.15, -0.1) is 0 Å². The van der Waals surface area contributed by atoms with Crippen LogP contribution < -0.4 is 0 Å². The van der Waals surface area contributed by atoms with Crippen molar-refractivity contribution in [1.29, 1.82) is 0 Å². The van der Waals surface area contributed by atoms with Crippen molar-refractivity contribution < 1.29 is 19.7 Å². The minimum atomic E-state index is -0.863. The maximum absolute atomic E-state index is 11.1. The minimum absolute atomic E-state index is 0.261. The molecule has 16 heavy (non-hydrogen) atoms. The number of Topliss-reactive ketones (excluding diaryl/α,β-unsaturated/α-hetero) is 1. The van der Waals surface area contributed by atoms with Gasteiger partial charge in [0.05, 0.1) is 15.9 Å². The summed E-state index contributed by atoms with van der Waals surface area (Å²) in [5, 5.41) is 29.5. The molecule has 1 rings (SSSR count). The second-order valence-corrected chi connectivity index (χ2v) is 2.83. The first kappa shape index (κ1) is 11.7. The number of benzene rings is 1. The van der Waals surface area contributed by atoms with E-state index in [1.54, 1.807) is 0 Å². The number of nitro benzene ring substituents is 2. The SMILES string of the molecule is O=C(CO)c1cc([N+](=O)[O-])cc([N+](=O)[O-])c1. The van der Waals surface area contributed by atoms with Gasteiger partial charge in [-0.1, -0.05) is 0 Å². The molecule has 0 radical (unpaired) electrons. The monoisotopic (exact) mass is 226 g/mol. The van der Waals surface area contributed by atoms with Gasteiger partial charge in [0.25, 0.3) is 11.4 Å². The van der Waals surface area contributed by atoms with E-state index < -0.39 is 33.6 Å². The van der Waals surface area contributed by atoms with Crippen LogP contribution in [-0.2, 0) is 0 Å². The summed E-state index contributed by atoms with van der Waals surface area (Å²) in [6, 6.07) is 2.51. The van der Waals surface area contributed by atoms with Gasteiger partial charge in [-0.3, -0.25) is 25.0 Å². The number of carbonyl (C=O) groups is 1. The molecule has 0 heterocycles. The summed E-state index contributed by atoms with van der Waals surface area (Å²) in [5.41, 5.74) is -1.39. The van der Waals surface area contributed by atoms with Crippen LogP contribution >= 0.6 is 0 Å². The van der Waals surface area contributed by atoms with E-state index in [-0.39, 0.29) is 5.56 Å². The highest BCUT2D eigenvalue weighted by Crippen LogP contribution is 2.22. The first-order valence-corrected chi connectivity index (χ1v) is 4.03. The van der Waals surface area contributed by atoms with Gasteiger partial charge in [-0.05, 0) is 0 Å². The Morgan fingerprint density at radius 3 is 1.88 bits per heavy atom. The number of ketones is 1. The van der Waals surface area contributed by atoms with Crippen molar-refractivity contribution in [2.24, 2.45) is 0 Å². The lowest BCUT2D eigenvalue weighted by atomic mass is 10.1. The predicted molar refractivity (Wildman–Crippen MR) is 51.2 cm³/mol. The molecule has 0 aliphatic heterocycles. The highest BCUT2D eigenvalue weighted by molar-refractivity contribution is 5.98. The maximum atomic E-state index is 11.1. The van der Waals surface area contributed by atoms with Crippen molar-refractivity contribution in [3.63, 3.8) is 0 Å². The molecule has 0 saturated heterocycles. The molecule has 0 bridgehead atoms. The fraction of sp³-hybridized carbons (Fsp3) is 0.125. The van der Waals surface area contributed by atoms with Crippen molar-refractivity contribution >= 4 is 17.2 Å². The van der Waals surface area contributed by atoms with Crippen LogP contribution in [0.1, 0.15) is 10.4 Å². The van der Waals surface area contributed by atoms with E-state index in [1.807, 2.05) is 0 Å². The second kappa shape index (κ2) is 4.45. The fourth-order valence-corrected chi connectivity index (χ4v) is 1.06. The van der Waals surface area contributed by atoms with Crippen LogP contribution in [0, 0.1) is 20.2 Å². The summed E-state index contributed by atoms with van der Waals surface area (Å²) in [6.45, 7) is -0.863. The number of nitro groups is 2. The predicted octanol–water partition coefficient (Wildman–Crippen LogP) is 0.678. The van der Waals surface area contributed by atoms with E-state index in [9.17, 15) is 25.0 Å². The lowest BCUT2D eigenvalue weighted by molar-refractivity contribution is -0.394. The number of hydrogen-bond acceptors (Lipinski definition) is 6. The summed E-state index contributed by atoms with van der Waals surface area (Å²) >= 11 is 0. The number of carbonyl (C=O) groups excluding carboxylic acids is 1. The Bertz CT molecular complexity index is 437. The standard InChI is InChI=1S/C8H6N2O6/c11-4-8(12)5-1-6(9(13)14)3-7(2-5)10(15)16/h1-3,11H,4H2. The molecule has 0 saturated carbocycles.